The van der Waals surface area contributed by atoms with E-state index in [1.807, 2.05) is 19.2 Å². The SMILES string of the molecule is COC(=O)c1ccccc1N(C)c1ncnc(NC2CCCCC2)c1N. The summed E-state index contributed by atoms with van der Waals surface area (Å²) in [6.45, 7) is 0. The van der Waals surface area contributed by atoms with Gasteiger partial charge >= 0.3 is 5.97 Å². The third kappa shape index (κ3) is 3.71. The number of anilines is 4. The second-order valence-electron chi connectivity index (χ2n) is 6.51. The Bertz CT molecular complexity index is 774. The molecule has 0 aliphatic heterocycles. The highest BCUT2D eigenvalue weighted by Gasteiger charge is 2.21. The van der Waals surface area contributed by atoms with Gasteiger partial charge in [0.2, 0.25) is 0 Å². The van der Waals surface area contributed by atoms with Gasteiger partial charge in [-0.15, -0.1) is 0 Å². The predicted molar refractivity (Wildman–Crippen MR) is 103 cm³/mol. The van der Waals surface area contributed by atoms with Crippen LogP contribution in [0.25, 0.3) is 0 Å². The zero-order valence-corrected chi connectivity index (χ0v) is 15.2. The zero-order valence-electron chi connectivity index (χ0n) is 15.2. The Morgan fingerprint density at radius 3 is 2.69 bits per heavy atom. The maximum absolute atomic E-state index is 12.1. The lowest BCUT2D eigenvalue weighted by Gasteiger charge is -2.26. The van der Waals surface area contributed by atoms with Crippen LogP contribution in [0.5, 0.6) is 0 Å². The third-order valence-corrected chi connectivity index (χ3v) is 4.80. The van der Waals surface area contributed by atoms with Gasteiger partial charge in [-0.3, -0.25) is 0 Å². The van der Waals surface area contributed by atoms with Gasteiger partial charge in [-0.2, -0.15) is 0 Å². The lowest BCUT2D eigenvalue weighted by molar-refractivity contribution is 0.0601. The summed E-state index contributed by atoms with van der Waals surface area (Å²) >= 11 is 0. The fourth-order valence-corrected chi connectivity index (χ4v) is 3.37. The quantitative estimate of drug-likeness (QED) is 0.794. The maximum Gasteiger partial charge on any atom is 0.339 e. The Balaban J connectivity index is 1.90. The number of nitrogen functional groups attached to an aromatic ring is 1. The summed E-state index contributed by atoms with van der Waals surface area (Å²) in [4.78, 5) is 22.5. The van der Waals surface area contributed by atoms with Gasteiger partial charge in [-0.1, -0.05) is 31.4 Å². The highest BCUT2D eigenvalue weighted by Crippen LogP contribution is 2.33. The molecule has 0 saturated heterocycles. The lowest BCUT2D eigenvalue weighted by Crippen LogP contribution is -2.24. The van der Waals surface area contributed by atoms with E-state index in [1.165, 1.54) is 32.7 Å². The minimum absolute atomic E-state index is 0.390. The first kappa shape index (κ1) is 18.0. The van der Waals surface area contributed by atoms with Crippen LogP contribution in [0.15, 0.2) is 30.6 Å². The van der Waals surface area contributed by atoms with E-state index in [9.17, 15) is 4.79 Å². The van der Waals surface area contributed by atoms with Crippen molar-refractivity contribution in [1.82, 2.24) is 9.97 Å². The average molecular weight is 355 g/mol. The topological polar surface area (TPSA) is 93.4 Å². The van der Waals surface area contributed by atoms with Gasteiger partial charge in [0, 0.05) is 13.1 Å². The summed E-state index contributed by atoms with van der Waals surface area (Å²) in [6.07, 6.45) is 7.48. The smallest absolute Gasteiger partial charge is 0.339 e. The normalized spacial score (nSPS) is 14.7. The highest BCUT2D eigenvalue weighted by atomic mass is 16.5. The number of methoxy groups -OCH3 is 1. The van der Waals surface area contributed by atoms with Crippen molar-refractivity contribution in [1.29, 1.82) is 0 Å². The molecule has 1 aromatic carbocycles. The third-order valence-electron chi connectivity index (χ3n) is 4.80. The van der Waals surface area contributed by atoms with Crippen LogP contribution in [-0.4, -0.2) is 36.1 Å². The molecule has 1 fully saturated rings. The van der Waals surface area contributed by atoms with E-state index in [-0.39, 0.29) is 0 Å². The van der Waals surface area contributed by atoms with Crippen molar-refractivity contribution in [3.05, 3.63) is 36.2 Å². The van der Waals surface area contributed by atoms with Gasteiger partial charge in [-0.05, 0) is 25.0 Å². The van der Waals surface area contributed by atoms with Gasteiger partial charge in [0.05, 0.1) is 18.4 Å². The molecule has 26 heavy (non-hydrogen) atoms. The molecule has 7 heteroatoms. The molecule has 0 spiro atoms. The molecule has 0 atom stereocenters. The molecular weight excluding hydrogens is 330 g/mol. The van der Waals surface area contributed by atoms with Crippen LogP contribution in [0.2, 0.25) is 0 Å². The number of nitrogens with zero attached hydrogens (tertiary/aromatic N) is 3. The fourth-order valence-electron chi connectivity index (χ4n) is 3.37. The summed E-state index contributed by atoms with van der Waals surface area (Å²) < 4.78 is 4.88. The Labute approximate surface area is 153 Å². The van der Waals surface area contributed by atoms with E-state index in [0.717, 1.165) is 12.8 Å². The van der Waals surface area contributed by atoms with Crippen LogP contribution >= 0.6 is 0 Å². The van der Waals surface area contributed by atoms with E-state index in [0.29, 0.717) is 34.6 Å². The number of esters is 1. The Kier molecular flexibility index (Phi) is 5.55. The van der Waals surface area contributed by atoms with Crippen molar-refractivity contribution in [3.63, 3.8) is 0 Å². The van der Waals surface area contributed by atoms with Crippen LogP contribution < -0.4 is 16.0 Å². The lowest BCUT2D eigenvalue weighted by atomic mass is 9.95. The maximum atomic E-state index is 12.1. The standard InChI is InChI=1S/C19H25N5O2/c1-24(15-11-7-6-10-14(15)19(25)26-2)18-16(20)17(21-12-22-18)23-13-8-4-3-5-9-13/h6-7,10-13H,3-5,8-9,20H2,1-2H3,(H,21,22,23). The molecule has 1 aliphatic carbocycles. The molecule has 0 unspecified atom stereocenters. The van der Waals surface area contributed by atoms with E-state index in [2.05, 4.69) is 15.3 Å². The number of hydrogen-bond donors (Lipinski definition) is 2. The summed E-state index contributed by atoms with van der Waals surface area (Å²) in [6, 6.07) is 7.60. The number of nitrogens with one attached hydrogen (secondary N) is 1. The largest absolute Gasteiger partial charge is 0.465 e. The number of carbonyl (C=O) groups is 1. The molecule has 1 aromatic heterocycles. The molecule has 1 aliphatic rings. The van der Waals surface area contributed by atoms with E-state index >= 15 is 0 Å². The molecule has 0 amide bonds. The second-order valence-corrected chi connectivity index (χ2v) is 6.51. The molecule has 2 aromatic rings. The molecule has 138 valence electrons. The van der Waals surface area contributed by atoms with Crippen molar-refractivity contribution < 1.29 is 9.53 Å². The number of benzene rings is 1. The number of nitrogens with two attached hydrogens (primary N) is 1. The van der Waals surface area contributed by atoms with Crippen LogP contribution in [-0.2, 0) is 4.74 Å². The minimum atomic E-state index is -0.402. The number of rotatable bonds is 5. The first-order valence-electron chi connectivity index (χ1n) is 8.90. The molecule has 3 N–H and O–H groups in total. The second kappa shape index (κ2) is 8.03. The molecular formula is C19H25N5O2. The monoisotopic (exact) mass is 355 g/mol. The number of hydrogen-bond acceptors (Lipinski definition) is 7. The van der Waals surface area contributed by atoms with Crippen molar-refractivity contribution in [3.8, 4) is 0 Å². The van der Waals surface area contributed by atoms with Gasteiger partial charge in [0.1, 0.15) is 12.0 Å². The molecule has 3 rings (SSSR count). The number of aromatic nitrogens is 2. The summed E-state index contributed by atoms with van der Waals surface area (Å²) in [5.74, 6) is 0.791. The van der Waals surface area contributed by atoms with E-state index < -0.39 is 5.97 Å². The van der Waals surface area contributed by atoms with Gasteiger partial charge in [-0.25, -0.2) is 14.8 Å². The molecule has 0 bridgehead atoms. The summed E-state index contributed by atoms with van der Waals surface area (Å²) in [7, 11) is 3.19. The first-order chi connectivity index (χ1) is 12.6. The van der Waals surface area contributed by atoms with Crippen molar-refractivity contribution in [2.24, 2.45) is 0 Å². The molecule has 0 radical (unpaired) electrons. The average Bonchev–Trinajstić information content (AvgIpc) is 2.69. The van der Waals surface area contributed by atoms with Crippen molar-refractivity contribution >= 4 is 29.0 Å². The van der Waals surface area contributed by atoms with E-state index in [1.54, 1.807) is 17.0 Å². The summed E-state index contributed by atoms with van der Waals surface area (Å²) in [5, 5.41) is 3.45. The fraction of sp³-hybridized carbons (Fsp3) is 0.421. The molecule has 7 nitrogen and oxygen atoms in total. The number of ether oxygens (including phenoxy) is 1. The number of carbonyl (C=O) groups excluding carboxylic acids is 1. The predicted octanol–water partition coefficient (Wildman–Crippen LogP) is 3.36. The van der Waals surface area contributed by atoms with Crippen LogP contribution in [0.1, 0.15) is 42.5 Å². The number of para-hydroxylation sites is 1. The van der Waals surface area contributed by atoms with Gasteiger partial charge in [0.15, 0.2) is 11.6 Å². The van der Waals surface area contributed by atoms with Crippen LogP contribution in [0, 0.1) is 0 Å². The van der Waals surface area contributed by atoms with Crippen LogP contribution in [0.3, 0.4) is 0 Å². The Hall–Kier alpha value is -2.83. The zero-order chi connectivity index (χ0) is 18.5. The van der Waals surface area contributed by atoms with Crippen molar-refractivity contribution in [2.45, 2.75) is 38.1 Å². The van der Waals surface area contributed by atoms with Gasteiger partial charge in [0.25, 0.3) is 0 Å². The minimum Gasteiger partial charge on any atom is -0.465 e. The van der Waals surface area contributed by atoms with E-state index in [4.69, 9.17) is 10.5 Å². The Morgan fingerprint density at radius 2 is 1.96 bits per heavy atom. The Morgan fingerprint density at radius 1 is 1.23 bits per heavy atom. The molecule has 1 saturated carbocycles. The first-order valence-corrected chi connectivity index (χ1v) is 8.90. The van der Waals surface area contributed by atoms with Gasteiger partial charge < -0.3 is 20.7 Å². The van der Waals surface area contributed by atoms with Crippen LogP contribution in [0.4, 0.5) is 23.0 Å². The van der Waals surface area contributed by atoms with Crippen molar-refractivity contribution in [2.75, 3.05) is 30.1 Å². The highest BCUT2D eigenvalue weighted by molar-refractivity contribution is 5.97. The summed E-state index contributed by atoms with van der Waals surface area (Å²) in [5.41, 5.74) is 7.95. The molecule has 1 heterocycles.